The number of nitrogens with zero attached hydrogens (tertiary/aromatic N) is 3. The third kappa shape index (κ3) is 1.79. The Hall–Kier alpha value is -3.38. The number of aryl methyl sites for hydroxylation is 2. The van der Waals surface area contributed by atoms with Crippen molar-refractivity contribution in [2.45, 2.75) is 6.92 Å². The summed E-state index contributed by atoms with van der Waals surface area (Å²) >= 11 is 0. The van der Waals surface area contributed by atoms with Crippen molar-refractivity contribution < 1.29 is 4.57 Å². The third-order valence-electron chi connectivity index (χ3n) is 5.58. The minimum absolute atomic E-state index is 0.681. The van der Waals surface area contributed by atoms with Crippen molar-refractivity contribution in [1.29, 1.82) is 0 Å². The van der Waals surface area contributed by atoms with Gasteiger partial charge in [0.2, 0.25) is 5.69 Å². The predicted molar refractivity (Wildman–Crippen MR) is 107 cm³/mol. The van der Waals surface area contributed by atoms with Crippen LogP contribution in [-0.4, -0.2) is 7.05 Å². The molecule has 124 valence electrons. The first kappa shape index (κ1) is 14.9. The van der Waals surface area contributed by atoms with Gasteiger partial charge in [0.25, 0.3) is 0 Å². The molecule has 0 saturated heterocycles. The molecule has 0 spiro atoms. The molecule has 0 bridgehead atoms. The second-order valence-electron chi connectivity index (χ2n) is 6.99. The number of rotatable bonds is 0. The maximum absolute atomic E-state index is 7.46. The lowest BCUT2D eigenvalue weighted by Crippen LogP contribution is -2.33. The van der Waals surface area contributed by atoms with Gasteiger partial charge >= 0.3 is 0 Å². The number of aromatic nitrogens is 1. The summed E-state index contributed by atoms with van der Waals surface area (Å²) in [6.45, 7) is 9.67. The molecule has 2 heterocycles. The number of hydrogen-bond acceptors (Lipinski definition) is 1. The number of anilines is 2. The molecule has 0 amide bonds. The Kier molecular flexibility index (Phi) is 2.90. The zero-order valence-corrected chi connectivity index (χ0v) is 15.0. The minimum Gasteiger partial charge on any atom is -0.344 e. The van der Waals surface area contributed by atoms with Gasteiger partial charge in [-0.05, 0) is 46.8 Å². The van der Waals surface area contributed by atoms with Gasteiger partial charge in [-0.15, -0.1) is 0 Å². The van der Waals surface area contributed by atoms with E-state index in [2.05, 4.69) is 77.9 Å². The molecule has 0 radical (unpaired) electrons. The average molecular weight is 336 g/mol. The van der Waals surface area contributed by atoms with Crippen LogP contribution in [-0.2, 0) is 7.05 Å². The molecule has 0 atom stereocenters. The predicted octanol–water partition coefficient (Wildman–Crippen LogP) is 5.43. The van der Waals surface area contributed by atoms with Crippen LogP contribution in [0.5, 0.6) is 0 Å². The molecule has 0 unspecified atom stereocenters. The van der Waals surface area contributed by atoms with E-state index in [1.807, 2.05) is 12.1 Å². The smallest absolute Gasteiger partial charge is 0.224 e. The molecule has 1 aliphatic heterocycles. The zero-order chi connectivity index (χ0) is 18.0. The summed E-state index contributed by atoms with van der Waals surface area (Å²) in [5, 5.41) is 4.87. The lowest BCUT2D eigenvalue weighted by molar-refractivity contribution is -0.659. The van der Waals surface area contributed by atoms with Crippen LogP contribution in [0.3, 0.4) is 0 Å². The maximum Gasteiger partial charge on any atom is 0.224 e. The van der Waals surface area contributed by atoms with Gasteiger partial charge in [-0.25, -0.2) is 9.41 Å². The Morgan fingerprint density at radius 1 is 1.00 bits per heavy atom. The molecule has 1 aliphatic rings. The summed E-state index contributed by atoms with van der Waals surface area (Å²) in [6.07, 6.45) is 2.10. The van der Waals surface area contributed by atoms with Crippen LogP contribution in [0, 0.1) is 13.5 Å². The number of fused-ring (bicyclic) bond motifs is 3. The summed E-state index contributed by atoms with van der Waals surface area (Å²) in [5.74, 6) is 0. The topological polar surface area (TPSA) is 11.5 Å². The van der Waals surface area contributed by atoms with E-state index in [9.17, 15) is 0 Å². The minimum atomic E-state index is 0.681. The first-order valence-electron chi connectivity index (χ1n) is 8.70. The van der Waals surface area contributed by atoms with E-state index in [1.165, 1.54) is 38.7 Å². The highest BCUT2D eigenvalue weighted by Crippen LogP contribution is 2.49. The molecule has 3 aromatic carbocycles. The number of benzene rings is 3. The highest BCUT2D eigenvalue weighted by molar-refractivity contribution is 6.13. The molecule has 26 heavy (non-hydrogen) atoms. The average Bonchev–Trinajstić information content (AvgIpc) is 2.67. The molecule has 3 nitrogen and oxygen atoms in total. The van der Waals surface area contributed by atoms with E-state index in [0.717, 1.165) is 11.1 Å². The summed E-state index contributed by atoms with van der Waals surface area (Å²) in [5.41, 5.74) is 6.78. The van der Waals surface area contributed by atoms with E-state index in [-0.39, 0.29) is 0 Å². The molecule has 1 aromatic heterocycles. The summed E-state index contributed by atoms with van der Waals surface area (Å²) in [6, 6.07) is 16.9. The second kappa shape index (κ2) is 5.06. The van der Waals surface area contributed by atoms with Crippen molar-refractivity contribution in [3.63, 3.8) is 0 Å². The van der Waals surface area contributed by atoms with Crippen LogP contribution >= 0.6 is 0 Å². The zero-order valence-electron chi connectivity index (χ0n) is 15.0. The van der Waals surface area contributed by atoms with E-state index >= 15 is 0 Å². The molecule has 0 N–H and O–H groups in total. The fourth-order valence-corrected chi connectivity index (χ4v) is 4.30. The van der Waals surface area contributed by atoms with Gasteiger partial charge in [0.05, 0.1) is 23.2 Å². The highest BCUT2D eigenvalue weighted by Gasteiger charge is 2.31. The van der Waals surface area contributed by atoms with Crippen molar-refractivity contribution in [2.24, 2.45) is 7.05 Å². The van der Waals surface area contributed by atoms with Gasteiger partial charge in [0.15, 0.2) is 11.9 Å². The van der Waals surface area contributed by atoms with Crippen molar-refractivity contribution >= 4 is 38.6 Å². The largest absolute Gasteiger partial charge is 0.344 e. The van der Waals surface area contributed by atoms with Crippen LogP contribution < -0.4 is 9.47 Å². The fraction of sp³-hybridized carbons (Fsp3) is 0.130. The molecule has 3 heteroatoms. The van der Waals surface area contributed by atoms with Gasteiger partial charge in [-0.1, -0.05) is 24.3 Å². The van der Waals surface area contributed by atoms with Gasteiger partial charge in [-0.2, -0.15) is 0 Å². The van der Waals surface area contributed by atoms with E-state index in [4.69, 9.17) is 6.57 Å². The molecule has 4 aromatic rings. The molecular formula is C23H18N3+. The maximum atomic E-state index is 7.46. The molecule has 0 aliphatic carbocycles. The first-order chi connectivity index (χ1) is 12.6. The van der Waals surface area contributed by atoms with Gasteiger partial charge < -0.3 is 4.90 Å². The van der Waals surface area contributed by atoms with Gasteiger partial charge in [-0.3, -0.25) is 0 Å². The SMILES string of the molecule is [C-]#[N+]c1cc2c3c([n+](C)ccc3c1)-c1c(cc3ccccc3c1C)N2C. The molecule has 5 rings (SSSR count). The van der Waals surface area contributed by atoms with Crippen molar-refractivity contribution in [1.82, 2.24) is 0 Å². The van der Waals surface area contributed by atoms with Crippen molar-refractivity contribution in [3.05, 3.63) is 71.7 Å². The summed E-state index contributed by atoms with van der Waals surface area (Å²) in [7, 11) is 4.20. The van der Waals surface area contributed by atoms with Crippen LogP contribution in [0.4, 0.5) is 17.1 Å². The molecule has 0 fully saturated rings. The Bertz CT molecular complexity index is 1280. The fourth-order valence-electron chi connectivity index (χ4n) is 4.30. The van der Waals surface area contributed by atoms with Gasteiger partial charge in [0.1, 0.15) is 7.05 Å². The number of pyridine rings is 1. The monoisotopic (exact) mass is 336 g/mol. The Morgan fingerprint density at radius 2 is 1.81 bits per heavy atom. The lowest BCUT2D eigenvalue weighted by Gasteiger charge is -2.30. The number of hydrogen-bond donors (Lipinski definition) is 0. The van der Waals surface area contributed by atoms with Crippen molar-refractivity contribution in [2.75, 3.05) is 11.9 Å². The van der Waals surface area contributed by atoms with E-state index < -0.39 is 0 Å². The van der Waals surface area contributed by atoms with Crippen LogP contribution in [0.15, 0.2) is 54.7 Å². The standard InChI is InChI=1S/C23H18N3/c1-14-18-8-6-5-7-15(18)12-19-21(14)23-22-16(9-10-25(23)3)11-17(24-2)13-20(22)26(19)4/h5-13H,1,3-4H3/q+1. The molecule has 0 saturated carbocycles. The summed E-state index contributed by atoms with van der Waals surface area (Å²) in [4.78, 5) is 5.91. The van der Waals surface area contributed by atoms with Crippen LogP contribution in [0.25, 0.3) is 37.6 Å². The van der Waals surface area contributed by atoms with Crippen LogP contribution in [0.1, 0.15) is 5.56 Å². The summed E-state index contributed by atoms with van der Waals surface area (Å²) < 4.78 is 2.21. The highest BCUT2D eigenvalue weighted by atomic mass is 15.1. The van der Waals surface area contributed by atoms with Gasteiger partial charge in [0, 0.05) is 18.8 Å². The Morgan fingerprint density at radius 3 is 2.62 bits per heavy atom. The Balaban J connectivity index is 2.04. The second-order valence-corrected chi connectivity index (χ2v) is 6.99. The first-order valence-corrected chi connectivity index (χ1v) is 8.70. The van der Waals surface area contributed by atoms with E-state index in [1.54, 1.807) is 0 Å². The quantitative estimate of drug-likeness (QED) is 0.308. The molecular weight excluding hydrogens is 318 g/mol. The lowest BCUT2D eigenvalue weighted by atomic mass is 9.89. The van der Waals surface area contributed by atoms with Crippen molar-refractivity contribution in [3.8, 4) is 11.3 Å². The third-order valence-corrected chi connectivity index (χ3v) is 5.58. The van der Waals surface area contributed by atoms with E-state index in [0.29, 0.717) is 5.69 Å². The van der Waals surface area contributed by atoms with Crippen LogP contribution in [0.2, 0.25) is 0 Å². The Labute approximate surface area is 152 Å². The normalized spacial score (nSPS) is 12.3.